The number of carbonyl (C=O) groups excluding carboxylic acids is 1. The molecule has 2 aromatic carbocycles. The zero-order valence-electron chi connectivity index (χ0n) is 13.1. The number of aromatic nitrogens is 1. The van der Waals surface area contributed by atoms with Crippen molar-refractivity contribution in [2.24, 2.45) is 5.10 Å². The maximum atomic E-state index is 11.9. The number of hydrogen-bond donors (Lipinski definition) is 1. The number of carbonyl (C=O) groups is 1. The summed E-state index contributed by atoms with van der Waals surface area (Å²) in [5.74, 6) is -0.468. The number of hydrazone groups is 1. The monoisotopic (exact) mass is 386 g/mol. The number of halogens is 1. The first kappa shape index (κ1) is 17.7. The van der Waals surface area contributed by atoms with Crippen LogP contribution in [0.15, 0.2) is 59.0 Å². The van der Waals surface area contributed by atoms with E-state index in [-0.39, 0.29) is 11.3 Å². The molecule has 9 heteroatoms. The molecule has 0 fully saturated rings. The average Bonchev–Trinajstić information content (AvgIpc) is 3.11. The third-order valence-electron chi connectivity index (χ3n) is 3.32. The number of nitro benzene ring substituents is 1. The quantitative estimate of drug-likeness (QED) is 0.405. The maximum absolute atomic E-state index is 11.9. The lowest BCUT2D eigenvalue weighted by Gasteiger charge is -1.99. The fraction of sp³-hybridized carbons (Fsp3) is 0. The van der Waals surface area contributed by atoms with Crippen molar-refractivity contribution in [2.45, 2.75) is 0 Å². The summed E-state index contributed by atoms with van der Waals surface area (Å²) in [6.45, 7) is 0. The molecule has 3 aromatic rings. The third kappa shape index (κ3) is 4.29. The van der Waals surface area contributed by atoms with Gasteiger partial charge < -0.3 is 0 Å². The molecule has 0 bridgehead atoms. The highest BCUT2D eigenvalue weighted by molar-refractivity contribution is 7.13. The normalized spacial score (nSPS) is 10.8. The van der Waals surface area contributed by atoms with Crippen LogP contribution in [-0.2, 0) is 0 Å². The van der Waals surface area contributed by atoms with E-state index in [9.17, 15) is 14.9 Å². The molecule has 0 saturated carbocycles. The topological polar surface area (TPSA) is 97.5 Å². The first-order valence-electron chi connectivity index (χ1n) is 7.32. The summed E-state index contributed by atoms with van der Waals surface area (Å²) in [5.41, 5.74) is 4.09. The molecule has 0 atom stereocenters. The van der Waals surface area contributed by atoms with Crippen LogP contribution in [-0.4, -0.2) is 22.0 Å². The van der Waals surface area contributed by atoms with Crippen LogP contribution in [0.5, 0.6) is 0 Å². The average molecular weight is 387 g/mol. The fourth-order valence-corrected chi connectivity index (χ4v) is 2.93. The lowest BCUT2D eigenvalue weighted by atomic mass is 10.2. The SMILES string of the molecule is O=C(N/N=C\c1csc(-c2ccc(Cl)cc2)n1)c1ccc([N+](=O)[O-])cc1. The molecule has 1 heterocycles. The molecule has 0 aliphatic rings. The van der Waals surface area contributed by atoms with Crippen molar-refractivity contribution in [3.05, 3.63) is 80.3 Å². The van der Waals surface area contributed by atoms with Gasteiger partial charge in [0.25, 0.3) is 11.6 Å². The minimum Gasteiger partial charge on any atom is -0.267 e. The number of nitrogens with zero attached hydrogens (tertiary/aromatic N) is 3. The second-order valence-electron chi connectivity index (χ2n) is 5.09. The van der Waals surface area contributed by atoms with E-state index >= 15 is 0 Å². The molecule has 3 rings (SSSR count). The van der Waals surface area contributed by atoms with Crippen LogP contribution in [0.2, 0.25) is 5.02 Å². The minimum atomic E-state index is -0.527. The van der Waals surface area contributed by atoms with Gasteiger partial charge in [-0.05, 0) is 24.3 Å². The Bertz CT molecular complexity index is 968. The van der Waals surface area contributed by atoms with E-state index in [4.69, 9.17) is 11.6 Å². The molecule has 0 aliphatic carbocycles. The van der Waals surface area contributed by atoms with E-state index in [1.807, 2.05) is 17.5 Å². The van der Waals surface area contributed by atoms with E-state index < -0.39 is 10.8 Å². The fourth-order valence-electron chi connectivity index (χ4n) is 2.03. The summed E-state index contributed by atoms with van der Waals surface area (Å²) < 4.78 is 0. The summed E-state index contributed by atoms with van der Waals surface area (Å²) in [5, 5.41) is 17.7. The van der Waals surface area contributed by atoms with Crippen LogP contribution in [0.1, 0.15) is 16.1 Å². The van der Waals surface area contributed by atoms with Gasteiger partial charge in [-0.1, -0.05) is 23.7 Å². The predicted molar refractivity (Wildman–Crippen MR) is 101 cm³/mol. The van der Waals surface area contributed by atoms with Crippen LogP contribution in [0.4, 0.5) is 5.69 Å². The summed E-state index contributed by atoms with van der Waals surface area (Å²) in [4.78, 5) is 26.4. The zero-order valence-corrected chi connectivity index (χ0v) is 14.7. The van der Waals surface area contributed by atoms with Crippen molar-refractivity contribution in [3.63, 3.8) is 0 Å². The van der Waals surface area contributed by atoms with Gasteiger partial charge in [-0.3, -0.25) is 14.9 Å². The number of benzene rings is 2. The third-order valence-corrected chi connectivity index (χ3v) is 4.48. The Balaban J connectivity index is 1.62. The van der Waals surface area contributed by atoms with Crippen molar-refractivity contribution < 1.29 is 9.72 Å². The number of nitrogens with one attached hydrogen (secondary N) is 1. The van der Waals surface area contributed by atoms with Gasteiger partial charge in [-0.15, -0.1) is 11.3 Å². The van der Waals surface area contributed by atoms with Crippen molar-refractivity contribution >= 4 is 40.7 Å². The van der Waals surface area contributed by atoms with Crippen molar-refractivity contribution in [1.29, 1.82) is 0 Å². The Hall–Kier alpha value is -3.10. The van der Waals surface area contributed by atoms with E-state index in [0.29, 0.717) is 10.7 Å². The molecule has 1 aromatic heterocycles. The van der Waals surface area contributed by atoms with Gasteiger partial charge in [-0.2, -0.15) is 5.10 Å². The Kier molecular flexibility index (Phi) is 5.35. The molecule has 0 aliphatic heterocycles. The number of non-ortho nitro benzene ring substituents is 1. The lowest BCUT2D eigenvalue weighted by Crippen LogP contribution is -2.17. The largest absolute Gasteiger partial charge is 0.271 e. The Morgan fingerprint density at radius 3 is 2.54 bits per heavy atom. The second-order valence-corrected chi connectivity index (χ2v) is 6.38. The smallest absolute Gasteiger partial charge is 0.267 e. The highest BCUT2D eigenvalue weighted by Gasteiger charge is 2.09. The van der Waals surface area contributed by atoms with Crippen LogP contribution in [0, 0.1) is 10.1 Å². The molecule has 0 saturated heterocycles. The number of amides is 1. The van der Waals surface area contributed by atoms with Gasteiger partial charge in [0.2, 0.25) is 0 Å². The van der Waals surface area contributed by atoms with Gasteiger partial charge in [-0.25, -0.2) is 10.4 Å². The summed E-state index contributed by atoms with van der Waals surface area (Å²) in [6.07, 6.45) is 1.43. The standard InChI is InChI=1S/C17H11ClN4O3S/c18-13-5-1-12(2-6-13)17-20-14(10-26-17)9-19-21-16(23)11-3-7-15(8-4-11)22(24)25/h1-10H,(H,21,23)/b19-9-. The van der Waals surface area contributed by atoms with E-state index in [1.54, 1.807) is 12.1 Å². The highest BCUT2D eigenvalue weighted by Crippen LogP contribution is 2.24. The molecular formula is C17H11ClN4O3S. The van der Waals surface area contributed by atoms with Crippen molar-refractivity contribution in [1.82, 2.24) is 10.4 Å². The second kappa shape index (κ2) is 7.85. The molecule has 130 valence electrons. The van der Waals surface area contributed by atoms with Crippen LogP contribution in [0.25, 0.3) is 10.6 Å². The van der Waals surface area contributed by atoms with E-state index in [2.05, 4.69) is 15.5 Å². The minimum absolute atomic E-state index is 0.0812. The molecule has 0 radical (unpaired) electrons. The number of rotatable bonds is 5. The van der Waals surface area contributed by atoms with Gasteiger partial charge in [0.05, 0.1) is 16.8 Å². The highest BCUT2D eigenvalue weighted by atomic mass is 35.5. The summed E-state index contributed by atoms with van der Waals surface area (Å²) >= 11 is 7.31. The van der Waals surface area contributed by atoms with Gasteiger partial charge >= 0.3 is 0 Å². The zero-order chi connectivity index (χ0) is 18.5. The molecule has 1 N–H and O–H groups in total. The number of hydrogen-bond acceptors (Lipinski definition) is 6. The molecule has 0 unspecified atom stereocenters. The Morgan fingerprint density at radius 1 is 1.19 bits per heavy atom. The van der Waals surface area contributed by atoms with Crippen LogP contribution < -0.4 is 5.43 Å². The van der Waals surface area contributed by atoms with Crippen molar-refractivity contribution in [2.75, 3.05) is 0 Å². The van der Waals surface area contributed by atoms with Crippen LogP contribution in [0.3, 0.4) is 0 Å². The molecule has 26 heavy (non-hydrogen) atoms. The van der Waals surface area contributed by atoms with E-state index in [1.165, 1.54) is 41.8 Å². The van der Waals surface area contributed by atoms with E-state index in [0.717, 1.165) is 10.6 Å². The summed E-state index contributed by atoms with van der Waals surface area (Å²) in [6, 6.07) is 12.6. The van der Waals surface area contributed by atoms with Gasteiger partial charge in [0, 0.05) is 33.7 Å². The lowest BCUT2D eigenvalue weighted by molar-refractivity contribution is -0.384. The summed E-state index contributed by atoms with van der Waals surface area (Å²) in [7, 11) is 0. The first-order chi connectivity index (χ1) is 12.5. The molecule has 1 amide bonds. The van der Waals surface area contributed by atoms with Gasteiger partial charge in [0.15, 0.2) is 0 Å². The number of thiazole rings is 1. The van der Waals surface area contributed by atoms with Gasteiger partial charge in [0.1, 0.15) is 5.01 Å². The predicted octanol–water partition coefficient (Wildman–Crippen LogP) is 4.14. The molecule has 0 spiro atoms. The van der Waals surface area contributed by atoms with Crippen LogP contribution >= 0.6 is 22.9 Å². The maximum Gasteiger partial charge on any atom is 0.271 e. The first-order valence-corrected chi connectivity index (χ1v) is 8.58. The Morgan fingerprint density at radius 2 is 1.88 bits per heavy atom. The molecule has 7 nitrogen and oxygen atoms in total. The number of nitro groups is 1. The Labute approximate surface area is 157 Å². The van der Waals surface area contributed by atoms with Crippen molar-refractivity contribution in [3.8, 4) is 10.6 Å². The molecular weight excluding hydrogens is 376 g/mol.